The quantitative estimate of drug-likeness (QED) is 0.900. The first-order chi connectivity index (χ1) is 11.0. The number of carboxylic acids is 1. The molecule has 1 atom stereocenters. The van der Waals surface area contributed by atoms with Crippen molar-refractivity contribution >= 4 is 17.3 Å². The number of carboxylic acid groups (broad SMARTS) is 1. The van der Waals surface area contributed by atoms with Crippen molar-refractivity contribution in [3.05, 3.63) is 44.6 Å². The molecule has 122 valence electrons. The lowest BCUT2D eigenvalue weighted by molar-refractivity contribution is -0.143. The van der Waals surface area contributed by atoms with Gasteiger partial charge in [-0.1, -0.05) is 11.3 Å². The number of hydrogen-bond donors (Lipinski definition) is 2. The number of likely N-dealkylation sites (tertiary alicyclic amines) is 1. The van der Waals surface area contributed by atoms with E-state index in [1.165, 1.54) is 12.1 Å². The van der Waals surface area contributed by atoms with Crippen LogP contribution in [-0.2, 0) is 11.3 Å². The van der Waals surface area contributed by atoms with Crippen molar-refractivity contribution in [3.8, 4) is 11.3 Å². The molecule has 7 heteroatoms. The summed E-state index contributed by atoms with van der Waals surface area (Å²) in [5, 5.41) is 9.17. The van der Waals surface area contributed by atoms with E-state index in [1.807, 2.05) is 0 Å². The van der Waals surface area contributed by atoms with Crippen molar-refractivity contribution in [2.24, 2.45) is 5.92 Å². The van der Waals surface area contributed by atoms with Gasteiger partial charge in [-0.2, -0.15) is 0 Å². The number of aromatic nitrogens is 1. The molecule has 2 N–H and O–H groups in total. The molecule has 3 rings (SSSR count). The highest BCUT2D eigenvalue weighted by atomic mass is 32.1. The second-order valence-corrected chi connectivity index (χ2v) is 6.80. The molecule has 1 saturated heterocycles. The fraction of sp³-hybridized carbons (Fsp3) is 0.375. The summed E-state index contributed by atoms with van der Waals surface area (Å²) >= 11 is 1.12. The zero-order valence-electron chi connectivity index (χ0n) is 12.4. The van der Waals surface area contributed by atoms with Crippen molar-refractivity contribution < 1.29 is 14.3 Å². The number of thiazole rings is 1. The van der Waals surface area contributed by atoms with Gasteiger partial charge >= 0.3 is 10.8 Å². The first kappa shape index (κ1) is 15.9. The summed E-state index contributed by atoms with van der Waals surface area (Å²) in [6.07, 6.45) is 1.53. The van der Waals surface area contributed by atoms with Crippen LogP contribution >= 0.6 is 11.3 Å². The zero-order chi connectivity index (χ0) is 16.4. The number of benzene rings is 1. The average molecular weight is 336 g/mol. The molecule has 1 aromatic heterocycles. The summed E-state index contributed by atoms with van der Waals surface area (Å²) in [5.74, 6) is -1.45. The highest BCUT2D eigenvalue weighted by Gasteiger charge is 2.26. The standard InChI is InChI=1S/C16H17FN2O3S/c17-12-5-3-10(4-6-12)14-13(23-16(22)18-14)9-19-7-1-2-11(8-19)15(20)21/h3-6,11H,1-2,7-9H2,(H,18,22)(H,20,21). The molecule has 1 unspecified atom stereocenters. The Morgan fingerprint density at radius 3 is 2.83 bits per heavy atom. The number of rotatable bonds is 4. The van der Waals surface area contributed by atoms with E-state index >= 15 is 0 Å². The van der Waals surface area contributed by atoms with E-state index in [9.17, 15) is 14.0 Å². The molecule has 0 amide bonds. The van der Waals surface area contributed by atoms with Crippen LogP contribution < -0.4 is 4.87 Å². The number of carbonyl (C=O) groups is 1. The van der Waals surface area contributed by atoms with Gasteiger partial charge in [-0.05, 0) is 49.2 Å². The number of nitrogens with one attached hydrogen (secondary N) is 1. The summed E-state index contributed by atoms with van der Waals surface area (Å²) in [6, 6.07) is 5.98. The van der Waals surface area contributed by atoms with E-state index in [0.29, 0.717) is 25.2 Å². The minimum absolute atomic E-state index is 0.161. The lowest BCUT2D eigenvalue weighted by atomic mass is 9.98. The predicted octanol–water partition coefficient (Wildman–Crippen LogP) is 2.54. The molecule has 0 aliphatic carbocycles. The monoisotopic (exact) mass is 336 g/mol. The SMILES string of the molecule is O=C(O)C1CCCN(Cc2sc(=O)[nH]c2-c2ccc(F)cc2)C1. The molecule has 1 aliphatic heterocycles. The van der Waals surface area contributed by atoms with E-state index in [2.05, 4.69) is 9.88 Å². The third-order valence-corrected chi connectivity index (χ3v) is 4.94. The summed E-state index contributed by atoms with van der Waals surface area (Å²) in [5.41, 5.74) is 1.45. The van der Waals surface area contributed by atoms with E-state index in [0.717, 1.165) is 34.7 Å². The third kappa shape index (κ3) is 3.68. The molecule has 23 heavy (non-hydrogen) atoms. The summed E-state index contributed by atoms with van der Waals surface area (Å²) in [6.45, 7) is 1.84. The lowest BCUT2D eigenvalue weighted by Gasteiger charge is -2.30. The van der Waals surface area contributed by atoms with Gasteiger partial charge in [0, 0.05) is 18.0 Å². The van der Waals surface area contributed by atoms with Gasteiger partial charge in [-0.3, -0.25) is 14.5 Å². The van der Waals surface area contributed by atoms with Crippen LogP contribution in [0.4, 0.5) is 4.39 Å². The van der Waals surface area contributed by atoms with Gasteiger partial charge in [0.05, 0.1) is 11.6 Å². The van der Waals surface area contributed by atoms with Crippen LogP contribution in [0, 0.1) is 11.7 Å². The minimum Gasteiger partial charge on any atom is -0.481 e. The number of nitrogens with zero attached hydrogens (tertiary/aromatic N) is 1. The fourth-order valence-corrected chi connectivity index (χ4v) is 3.82. The first-order valence-electron chi connectivity index (χ1n) is 7.46. The summed E-state index contributed by atoms with van der Waals surface area (Å²) < 4.78 is 13.1. The average Bonchev–Trinajstić information content (AvgIpc) is 2.89. The minimum atomic E-state index is -0.768. The molecule has 0 spiro atoms. The molecule has 1 aromatic carbocycles. The van der Waals surface area contributed by atoms with Crippen LogP contribution in [0.15, 0.2) is 29.1 Å². The molecule has 1 fully saturated rings. The second kappa shape index (κ2) is 6.64. The van der Waals surface area contributed by atoms with Gasteiger partial charge < -0.3 is 10.1 Å². The highest BCUT2D eigenvalue weighted by molar-refractivity contribution is 7.09. The first-order valence-corrected chi connectivity index (χ1v) is 8.27. The van der Waals surface area contributed by atoms with E-state index in [1.54, 1.807) is 12.1 Å². The van der Waals surface area contributed by atoms with Gasteiger partial charge in [0.25, 0.3) is 0 Å². The maximum atomic E-state index is 13.1. The van der Waals surface area contributed by atoms with Crippen molar-refractivity contribution in [1.29, 1.82) is 0 Å². The predicted molar refractivity (Wildman–Crippen MR) is 86.0 cm³/mol. The topological polar surface area (TPSA) is 73.4 Å². The molecule has 2 aromatic rings. The number of halogens is 1. The van der Waals surface area contributed by atoms with E-state index in [-0.39, 0.29) is 16.6 Å². The maximum Gasteiger partial charge on any atom is 0.307 e. The number of aromatic amines is 1. The van der Waals surface area contributed by atoms with Crippen LogP contribution in [0.3, 0.4) is 0 Å². The van der Waals surface area contributed by atoms with Crippen molar-refractivity contribution in [1.82, 2.24) is 9.88 Å². The van der Waals surface area contributed by atoms with Crippen LogP contribution in [0.1, 0.15) is 17.7 Å². The van der Waals surface area contributed by atoms with Gasteiger partial charge in [0.1, 0.15) is 5.82 Å². The number of H-pyrrole nitrogens is 1. The van der Waals surface area contributed by atoms with Crippen LogP contribution in [0.25, 0.3) is 11.3 Å². The molecular weight excluding hydrogens is 319 g/mol. The smallest absolute Gasteiger partial charge is 0.307 e. The van der Waals surface area contributed by atoms with Crippen LogP contribution in [0.5, 0.6) is 0 Å². The molecule has 0 saturated carbocycles. The summed E-state index contributed by atoms with van der Waals surface area (Å²) in [4.78, 5) is 28.5. The Hall–Kier alpha value is -1.99. The Balaban J connectivity index is 1.82. The van der Waals surface area contributed by atoms with Crippen LogP contribution in [-0.4, -0.2) is 34.0 Å². The zero-order valence-corrected chi connectivity index (χ0v) is 13.2. The Morgan fingerprint density at radius 1 is 1.39 bits per heavy atom. The second-order valence-electron chi connectivity index (χ2n) is 5.73. The molecule has 0 bridgehead atoms. The fourth-order valence-electron chi connectivity index (χ4n) is 2.93. The molecule has 5 nitrogen and oxygen atoms in total. The van der Waals surface area contributed by atoms with Gasteiger partial charge in [0.15, 0.2) is 0 Å². The van der Waals surface area contributed by atoms with Gasteiger partial charge in [-0.25, -0.2) is 4.39 Å². The molecule has 2 heterocycles. The van der Waals surface area contributed by atoms with Crippen molar-refractivity contribution in [2.45, 2.75) is 19.4 Å². The van der Waals surface area contributed by atoms with Crippen molar-refractivity contribution in [2.75, 3.05) is 13.1 Å². The Morgan fingerprint density at radius 2 is 2.13 bits per heavy atom. The number of aliphatic carboxylic acids is 1. The number of piperidine rings is 1. The Labute approximate surface area is 136 Å². The van der Waals surface area contributed by atoms with Crippen LogP contribution in [0.2, 0.25) is 0 Å². The maximum absolute atomic E-state index is 13.1. The summed E-state index contributed by atoms with van der Waals surface area (Å²) in [7, 11) is 0. The van der Waals surface area contributed by atoms with E-state index < -0.39 is 5.97 Å². The van der Waals surface area contributed by atoms with E-state index in [4.69, 9.17) is 5.11 Å². The Kier molecular flexibility index (Phi) is 4.58. The largest absolute Gasteiger partial charge is 0.481 e. The van der Waals surface area contributed by atoms with Crippen molar-refractivity contribution in [3.63, 3.8) is 0 Å². The number of hydrogen-bond acceptors (Lipinski definition) is 4. The van der Waals surface area contributed by atoms with Gasteiger partial charge in [0.2, 0.25) is 0 Å². The Bertz CT molecular complexity index is 753. The lowest BCUT2D eigenvalue weighted by Crippen LogP contribution is -2.38. The molecular formula is C16H17FN2O3S. The highest BCUT2D eigenvalue weighted by Crippen LogP contribution is 2.26. The third-order valence-electron chi connectivity index (χ3n) is 4.08. The normalized spacial score (nSPS) is 18.9. The molecule has 0 radical (unpaired) electrons. The molecule has 1 aliphatic rings. The van der Waals surface area contributed by atoms with Gasteiger partial charge in [-0.15, -0.1) is 0 Å².